The summed E-state index contributed by atoms with van der Waals surface area (Å²) in [5.74, 6) is -0.355. The molecule has 3 N–H and O–H groups in total. The van der Waals surface area contributed by atoms with Crippen molar-refractivity contribution in [2.45, 2.75) is 40.3 Å². The molecule has 1 aromatic carbocycles. The number of pyridine rings is 1. The minimum Gasteiger partial charge on any atom is -0.350 e. The van der Waals surface area contributed by atoms with Crippen LogP contribution in [0.15, 0.2) is 35.1 Å². The number of nitrogens with one attached hydrogen (secondary N) is 3. The summed E-state index contributed by atoms with van der Waals surface area (Å²) in [6, 6.07) is 8.77. The Kier molecular flexibility index (Phi) is 5.75. The first-order valence-electron chi connectivity index (χ1n) is 8.12. The second-order valence-electron chi connectivity index (χ2n) is 6.17. The number of amides is 2. The van der Waals surface area contributed by atoms with E-state index < -0.39 is 0 Å². The van der Waals surface area contributed by atoms with Crippen LogP contribution in [0.4, 0.5) is 0 Å². The summed E-state index contributed by atoms with van der Waals surface area (Å²) >= 11 is 0. The molecule has 0 radical (unpaired) electrons. The molecule has 0 aliphatic carbocycles. The molecule has 25 heavy (non-hydrogen) atoms. The van der Waals surface area contributed by atoms with Crippen LogP contribution in [0.3, 0.4) is 0 Å². The monoisotopic (exact) mass is 341 g/mol. The van der Waals surface area contributed by atoms with E-state index in [9.17, 15) is 14.4 Å². The molecule has 0 saturated heterocycles. The highest BCUT2D eigenvalue weighted by molar-refractivity contribution is 5.94. The lowest BCUT2D eigenvalue weighted by Crippen LogP contribution is -2.28. The Labute approximate surface area is 146 Å². The molecule has 0 bridgehead atoms. The molecule has 2 rings (SSSR count). The van der Waals surface area contributed by atoms with Crippen LogP contribution in [0.5, 0.6) is 0 Å². The predicted molar refractivity (Wildman–Crippen MR) is 96.4 cm³/mol. The lowest BCUT2D eigenvalue weighted by molar-refractivity contribution is -0.119. The molecular weight excluding hydrogens is 318 g/mol. The first-order valence-corrected chi connectivity index (χ1v) is 8.12. The number of hydrogen-bond donors (Lipinski definition) is 3. The number of carbonyl (C=O) groups is 2. The van der Waals surface area contributed by atoms with E-state index in [0.717, 1.165) is 16.8 Å². The maximum atomic E-state index is 12.3. The molecule has 1 unspecified atom stereocenters. The molecule has 0 fully saturated rings. The van der Waals surface area contributed by atoms with Crippen LogP contribution in [-0.4, -0.2) is 16.8 Å². The Morgan fingerprint density at radius 1 is 1.16 bits per heavy atom. The third-order valence-corrected chi connectivity index (χ3v) is 4.01. The second kappa shape index (κ2) is 7.79. The van der Waals surface area contributed by atoms with E-state index in [4.69, 9.17) is 0 Å². The van der Waals surface area contributed by atoms with Gasteiger partial charge in [0.05, 0.1) is 6.04 Å². The number of aryl methyl sites for hydroxylation is 2. The molecule has 0 aliphatic heterocycles. The molecule has 6 nitrogen and oxygen atoms in total. The number of benzene rings is 1. The molecule has 2 amide bonds. The minimum atomic E-state index is -0.252. The molecule has 1 heterocycles. The van der Waals surface area contributed by atoms with Gasteiger partial charge in [0.15, 0.2) is 0 Å². The quantitative estimate of drug-likeness (QED) is 0.778. The lowest BCUT2D eigenvalue weighted by Gasteiger charge is -2.13. The van der Waals surface area contributed by atoms with E-state index in [1.807, 2.05) is 26.8 Å². The molecule has 132 valence electrons. The highest BCUT2D eigenvalue weighted by atomic mass is 16.2. The van der Waals surface area contributed by atoms with Crippen molar-refractivity contribution >= 4 is 11.8 Å². The van der Waals surface area contributed by atoms with Gasteiger partial charge in [-0.2, -0.15) is 0 Å². The summed E-state index contributed by atoms with van der Waals surface area (Å²) in [6.45, 7) is 7.18. The maximum Gasteiger partial charge on any atom is 0.253 e. The van der Waals surface area contributed by atoms with Gasteiger partial charge in [0.2, 0.25) is 5.91 Å². The van der Waals surface area contributed by atoms with E-state index in [1.54, 1.807) is 24.3 Å². The molecule has 0 saturated carbocycles. The van der Waals surface area contributed by atoms with Gasteiger partial charge in [-0.15, -0.1) is 0 Å². The minimum absolute atomic E-state index is 0.104. The van der Waals surface area contributed by atoms with Gasteiger partial charge < -0.3 is 15.6 Å². The number of aromatic nitrogens is 1. The van der Waals surface area contributed by atoms with Crippen molar-refractivity contribution in [1.29, 1.82) is 0 Å². The second-order valence-corrected chi connectivity index (χ2v) is 6.17. The average molecular weight is 341 g/mol. The highest BCUT2D eigenvalue weighted by Gasteiger charge is 2.11. The third kappa shape index (κ3) is 4.79. The standard InChI is InChI=1S/C19H23N3O3/c1-11-9-12(2)21-19(25)17(11)10-20-18(24)16-7-5-15(6-8-16)13(3)22-14(4)23/h5-9,13H,10H2,1-4H3,(H,20,24)(H,21,25)(H,22,23). The normalized spacial score (nSPS) is 11.7. The van der Waals surface area contributed by atoms with Gasteiger partial charge in [-0.3, -0.25) is 14.4 Å². The summed E-state index contributed by atoms with van der Waals surface area (Å²) in [5, 5.41) is 5.56. The highest BCUT2D eigenvalue weighted by Crippen LogP contribution is 2.13. The van der Waals surface area contributed by atoms with E-state index in [0.29, 0.717) is 11.1 Å². The fraction of sp³-hybridized carbons (Fsp3) is 0.316. The molecule has 1 atom stereocenters. The molecule has 0 aliphatic rings. The maximum absolute atomic E-state index is 12.3. The van der Waals surface area contributed by atoms with Crippen LogP contribution < -0.4 is 16.2 Å². The van der Waals surface area contributed by atoms with Crippen molar-refractivity contribution in [1.82, 2.24) is 15.6 Å². The van der Waals surface area contributed by atoms with Gasteiger partial charge >= 0.3 is 0 Å². The smallest absolute Gasteiger partial charge is 0.253 e. The topological polar surface area (TPSA) is 91.1 Å². The summed E-state index contributed by atoms with van der Waals surface area (Å²) < 4.78 is 0. The Hall–Kier alpha value is -2.89. The summed E-state index contributed by atoms with van der Waals surface area (Å²) in [4.78, 5) is 38.1. The van der Waals surface area contributed by atoms with Crippen molar-refractivity contribution < 1.29 is 9.59 Å². The Balaban J connectivity index is 2.04. The van der Waals surface area contributed by atoms with Gasteiger partial charge in [-0.25, -0.2) is 0 Å². The molecule has 6 heteroatoms. The van der Waals surface area contributed by atoms with Crippen molar-refractivity contribution in [3.63, 3.8) is 0 Å². The van der Waals surface area contributed by atoms with Crippen molar-refractivity contribution in [2.24, 2.45) is 0 Å². The van der Waals surface area contributed by atoms with Crippen molar-refractivity contribution in [2.75, 3.05) is 0 Å². The fourth-order valence-corrected chi connectivity index (χ4v) is 2.68. The van der Waals surface area contributed by atoms with E-state index in [2.05, 4.69) is 15.6 Å². The zero-order valence-electron chi connectivity index (χ0n) is 14.9. The summed E-state index contributed by atoms with van der Waals surface area (Å²) in [7, 11) is 0. The van der Waals surface area contributed by atoms with Crippen LogP contribution in [-0.2, 0) is 11.3 Å². The Morgan fingerprint density at radius 3 is 2.36 bits per heavy atom. The van der Waals surface area contributed by atoms with Gasteiger partial charge in [-0.1, -0.05) is 12.1 Å². The zero-order chi connectivity index (χ0) is 18.6. The van der Waals surface area contributed by atoms with Gasteiger partial charge in [-0.05, 0) is 50.1 Å². The van der Waals surface area contributed by atoms with Crippen LogP contribution in [0.1, 0.15) is 52.6 Å². The first-order chi connectivity index (χ1) is 11.8. The van der Waals surface area contributed by atoms with Gasteiger partial charge in [0.25, 0.3) is 11.5 Å². The zero-order valence-corrected chi connectivity index (χ0v) is 14.9. The van der Waals surface area contributed by atoms with Gasteiger partial charge in [0.1, 0.15) is 0 Å². The number of hydrogen-bond acceptors (Lipinski definition) is 3. The van der Waals surface area contributed by atoms with E-state index in [1.165, 1.54) is 6.92 Å². The van der Waals surface area contributed by atoms with Crippen molar-refractivity contribution in [3.8, 4) is 0 Å². The van der Waals surface area contributed by atoms with Gasteiger partial charge in [0, 0.05) is 30.3 Å². The molecule has 2 aromatic rings. The van der Waals surface area contributed by atoms with Crippen molar-refractivity contribution in [3.05, 3.63) is 68.6 Å². The predicted octanol–water partition coefficient (Wildman–Crippen LogP) is 2.12. The van der Waals surface area contributed by atoms with Crippen LogP contribution in [0.2, 0.25) is 0 Å². The first kappa shape index (κ1) is 18.4. The fourth-order valence-electron chi connectivity index (χ4n) is 2.68. The van der Waals surface area contributed by atoms with Crippen LogP contribution in [0, 0.1) is 13.8 Å². The summed E-state index contributed by atoms with van der Waals surface area (Å²) in [5.41, 5.74) is 3.42. The molecule has 1 aromatic heterocycles. The number of carbonyl (C=O) groups excluding carboxylic acids is 2. The Bertz CT molecular complexity index is 838. The molecular formula is C19H23N3O3. The third-order valence-electron chi connectivity index (χ3n) is 4.01. The lowest BCUT2D eigenvalue weighted by atomic mass is 10.1. The van der Waals surface area contributed by atoms with E-state index in [-0.39, 0.29) is 30.0 Å². The average Bonchev–Trinajstić information content (AvgIpc) is 2.53. The summed E-state index contributed by atoms with van der Waals surface area (Å²) in [6.07, 6.45) is 0. The van der Waals surface area contributed by atoms with Crippen LogP contribution >= 0.6 is 0 Å². The SMILES string of the molecule is CC(=O)NC(C)c1ccc(C(=O)NCc2c(C)cc(C)[nH]c2=O)cc1. The number of rotatable bonds is 5. The molecule has 0 spiro atoms. The number of aromatic amines is 1. The largest absolute Gasteiger partial charge is 0.350 e. The number of H-pyrrole nitrogens is 1. The Morgan fingerprint density at radius 2 is 1.80 bits per heavy atom. The van der Waals surface area contributed by atoms with Crippen LogP contribution in [0.25, 0.3) is 0 Å². The van der Waals surface area contributed by atoms with E-state index >= 15 is 0 Å².